The lowest BCUT2D eigenvalue weighted by molar-refractivity contribution is 0.209. The van der Waals surface area contributed by atoms with Gasteiger partial charge in [-0.05, 0) is 37.0 Å². The molecule has 1 aliphatic carbocycles. The molecule has 118 valence electrons. The van der Waals surface area contributed by atoms with Gasteiger partial charge in [0.1, 0.15) is 5.75 Å². The van der Waals surface area contributed by atoms with E-state index < -0.39 is 10.0 Å². The fourth-order valence-electron chi connectivity index (χ4n) is 2.59. The Kier molecular flexibility index (Phi) is 5.11. The summed E-state index contributed by atoms with van der Waals surface area (Å²) in [7, 11) is -0.456. The lowest BCUT2D eigenvalue weighted by Gasteiger charge is -2.22. The highest BCUT2D eigenvalue weighted by molar-refractivity contribution is 7.89. The summed E-state index contributed by atoms with van der Waals surface area (Å²) in [4.78, 5) is 0.190. The number of nitrogen functional groups attached to an aromatic ring is 1. The molecule has 0 atom stereocenters. The maximum Gasteiger partial charge on any atom is 0.242 e. The third kappa shape index (κ3) is 3.89. The van der Waals surface area contributed by atoms with Crippen LogP contribution in [0.3, 0.4) is 0 Å². The molecule has 2 rings (SSSR count). The number of anilines is 1. The molecule has 5 nitrogen and oxygen atoms in total. The Bertz CT molecular complexity index is 579. The third-order valence-corrected chi connectivity index (χ3v) is 5.77. The Labute approximate surface area is 127 Å². The molecular formula is C15H24N2O3S. The summed E-state index contributed by atoms with van der Waals surface area (Å²) < 4.78 is 31.0. The van der Waals surface area contributed by atoms with Crippen molar-refractivity contribution in [3.8, 4) is 5.75 Å². The van der Waals surface area contributed by atoms with Gasteiger partial charge in [0.2, 0.25) is 10.0 Å². The molecule has 1 fully saturated rings. The second-order valence-corrected chi connectivity index (χ2v) is 7.95. The number of rotatable bonds is 5. The van der Waals surface area contributed by atoms with Gasteiger partial charge in [-0.15, -0.1) is 0 Å². The average Bonchev–Trinajstić information content (AvgIpc) is 2.46. The number of hydrogen-bond acceptors (Lipinski definition) is 4. The van der Waals surface area contributed by atoms with Crippen LogP contribution >= 0.6 is 0 Å². The van der Waals surface area contributed by atoms with Crippen LogP contribution in [0.5, 0.6) is 5.75 Å². The summed E-state index contributed by atoms with van der Waals surface area (Å²) in [6, 6.07) is 4.65. The van der Waals surface area contributed by atoms with Crippen LogP contribution in [0.4, 0.5) is 5.69 Å². The van der Waals surface area contributed by atoms with Crippen LogP contribution in [0.15, 0.2) is 23.1 Å². The van der Waals surface area contributed by atoms with E-state index in [1.165, 1.54) is 56.6 Å². The van der Waals surface area contributed by atoms with E-state index in [-0.39, 0.29) is 4.90 Å². The fourth-order valence-corrected chi connectivity index (χ4v) is 3.53. The summed E-state index contributed by atoms with van der Waals surface area (Å²) in [6.45, 7) is 0.657. The largest absolute Gasteiger partial charge is 0.491 e. The molecule has 1 aromatic carbocycles. The van der Waals surface area contributed by atoms with Crippen LogP contribution in [0.2, 0.25) is 0 Å². The Morgan fingerprint density at radius 2 is 1.90 bits per heavy atom. The molecule has 1 aromatic rings. The molecule has 2 N–H and O–H groups in total. The molecule has 0 saturated heterocycles. The highest BCUT2D eigenvalue weighted by Gasteiger charge is 2.19. The van der Waals surface area contributed by atoms with Crippen LogP contribution in [-0.2, 0) is 10.0 Å². The molecule has 0 unspecified atom stereocenters. The minimum Gasteiger partial charge on any atom is -0.491 e. The topological polar surface area (TPSA) is 72.6 Å². The summed E-state index contributed by atoms with van der Waals surface area (Å²) in [5.41, 5.74) is 6.30. The van der Waals surface area contributed by atoms with Crippen molar-refractivity contribution in [1.82, 2.24) is 4.31 Å². The maximum absolute atomic E-state index is 12.0. The van der Waals surface area contributed by atoms with Gasteiger partial charge in [-0.25, -0.2) is 12.7 Å². The van der Waals surface area contributed by atoms with E-state index in [9.17, 15) is 8.42 Å². The molecule has 0 radical (unpaired) electrons. The van der Waals surface area contributed by atoms with E-state index in [2.05, 4.69) is 0 Å². The van der Waals surface area contributed by atoms with Crippen molar-refractivity contribution in [2.75, 3.05) is 26.4 Å². The maximum atomic E-state index is 12.0. The van der Waals surface area contributed by atoms with Crippen LogP contribution in [0.25, 0.3) is 0 Å². The van der Waals surface area contributed by atoms with Crippen molar-refractivity contribution in [1.29, 1.82) is 0 Å². The molecule has 0 aromatic heterocycles. The number of nitrogens with two attached hydrogens (primary N) is 1. The molecule has 6 heteroatoms. The van der Waals surface area contributed by atoms with Crippen molar-refractivity contribution < 1.29 is 13.2 Å². The Hall–Kier alpha value is -1.27. The molecule has 0 bridgehead atoms. The number of hydrogen-bond donors (Lipinski definition) is 1. The third-order valence-electron chi connectivity index (χ3n) is 3.96. The summed E-state index contributed by atoms with van der Waals surface area (Å²) in [5, 5.41) is 0. The lowest BCUT2D eigenvalue weighted by Crippen LogP contribution is -2.22. The first-order valence-corrected chi connectivity index (χ1v) is 8.80. The van der Waals surface area contributed by atoms with Crippen LogP contribution in [0, 0.1) is 5.92 Å². The summed E-state index contributed by atoms with van der Waals surface area (Å²) >= 11 is 0. The average molecular weight is 312 g/mol. The first-order chi connectivity index (χ1) is 9.91. The minimum absolute atomic E-state index is 0.190. The Morgan fingerprint density at radius 3 is 2.48 bits per heavy atom. The van der Waals surface area contributed by atoms with Gasteiger partial charge >= 0.3 is 0 Å². The van der Waals surface area contributed by atoms with Gasteiger partial charge < -0.3 is 10.5 Å². The number of benzene rings is 1. The van der Waals surface area contributed by atoms with E-state index in [4.69, 9.17) is 10.5 Å². The summed E-state index contributed by atoms with van der Waals surface area (Å²) in [5.74, 6) is 1.15. The van der Waals surface area contributed by atoms with Gasteiger partial charge in [-0.2, -0.15) is 0 Å². The zero-order valence-corrected chi connectivity index (χ0v) is 13.5. The molecule has 0 amide bonds. The molecule has 0 heterocycles. The molecule has 0 aliphatic heterocycles. The van der Waals surface area contributed by atoms with E-state index in [1.807, 2.05) is 0 Å². The number of ether oxygens (including phenoxy) is 1. The predicted octanol–water partition coefficient (Wildman–Crippen LogP) is 2.48. The SMILES string of the molecule is CN(C)S(=O)(=O)c1ccc(OCC2CCCCC2)c(N)c1. The van der Waals surface area contributed by atoms with E-state index in [1.54, 1.807) is 12.1 Å². The van der Waals surface area contributed by atoms with Crippen molar-refractivity contribution in [3.63, 3.8) is 0 Å². The molecule has 1 saturated carbocycles. The zero-order chi connectivity index (χ0) is 15.5. The summed E-state index contributed by atoms with van der Waals surface area (Å²) in [6.07, 6.45) is 6.25. The second kappa shape index (κ2) is 6.66. The normalized spacial score (nSPS) is 17.1. The second-order valence-electron chi connectivity index (χ2n) is 5.80. The molecule has 0 spiro atoms. The Balaban J connectivity index is 2.05. The highest BCUT2D eigenvalue weighted by atomic mass is 32.2. The number of sulfonamides is 1. The van der Waals surface area contributed by atoms with Gasteiger partial charge in [-0.1, -0.05) is 19.3 Å². The van der Waals surface area contributed by atoms with Gasteiger partial charge in [0, 0.05) is 14.1 Å². The van der Waals surface area contributed by atoms with Gasteiger partial charge in [0.25, 0.3) is 0 Å². The van der Waals surface area contributed by atoms with E-state index in [0.29, 0.717) is 24.0 Å². The Morgan fingerprint density at radius 1 is 1.24 bits per heavy atom. The van der Waals surface area contributed by atoms with Crippen molar-refractivity contribution >= 4 is 15.7 Å². The van der Waals surface area contributed by atoms with E-state index in [0.717, 1.165) is 0 Å². The monoisotopic (exact) mass is 312 g/mol. The van der Waals surface area contributed by atoms with Crippen molar-refractivity contribution in [3.05, 3.63) is 18.2 Å². The lowest BCUT2D eigenvalue weighted by atomic mass is 9.90. The molecular weight excluding hydrogens is 288 g/mol. The van der Waals surface area contributed by atoms with Crippen molar-refractivity contribution in [2.45, 2.75) is 37.0 Å². The highest BCUT2D eigenvalue weighted by Crippen LogP contribution is 2.29. The minimum atomic E-state index is -3.45. The standard InChI is InChI=1S/C15H24N2O3S/c1-17(2)21(18,19)13-8-9-15(14(16)10-13)20-11-12-6-4-3-5-7-12/h8-10,12H,3-7,11,16H2,1-2H3. The molecule has 21 heavy (non-hydrogen) atoms. The van der Waals surface area contributed by atoms with Crippen LogP contribution in [0.1, 0.15) is 32.1 Å². The van der Waals surface area contributed by atoms with Crippen molar-refractivity contribution in [2.24, 2.45) is 5.92 Å². The fraction of sp³-hybridized carbons (Fsp3) is 0.600. The van der Waals surface area contributed by atoms with Gasteiger partial charge in [0.05, 0.1) is 17.2 Å². The van der Waals surface area contributed by atoms with E-state index >= 15 is 0 Å². The number of nitrogens with zero attached hydrogens (tertiary/aromatic N) is 1. The first-order valence-electron chi connectivity index (χ1n) is 7.36. The molecule has 1 aliphatic rings. The quantitative estimate of drug-likeness (QED) is 0.848. The van der Waals surface area contributed by atoms with Crippen LogP contribution in [-0.4, -0.2) is 33.4 Å². The first kappa shape index (κ1) is 16.1. The van der Waals surface area contributed by atoms with Crippen LogP contribution < -0.4 is 10.5 Å². The smallest absolute Gasteiger partial charge is 0.242 e. The predicted molar refractivity (Wildman–Crippen MR) is 83.8 cm³/mol. The van der Waals surface area contributed by atoms with Gasteiger partial charge in [0.15, 0.2) is 0 Å². The van der Waals surface area contributed by atoms with Gasteiger partial charge in [-0.3, -0.25) is 0 Å². The zero-order valence-electron chi connectivity index (χ0n) is 12.7.